The van der Waals surface area contributed by atoms with Gasteiger partial charge in [0.15, 0.2) is 0 Å². The number of hydrogen-bond donors (Lipinski definition) is 1. The standard InChI is InChI=1S/C10H16N4.2ClH/c1-2-7-14-9(5-1)12-13-10(14)8-4-3-6-11-8;;/h8,11H,1-7H2;2*1H/t8-;;/m0../s1. The number of hydrogen-bond acceptors (Lipinski definition) is 3. The molecule has 3 heterocycles. The minimum absolute atomic E-state index is 0. The smallest absolute Gasteiger partial charge is 0.150 e. The van der Waals surface area contributed by atoms with E-state index in [2.05, 4.69) is 20.1 Å². The fourth-order valence-electron chi connectivity index (χ4n) is 2.49. The Morgan fingerprint density at radius 1 is 1.12 bits per heavy atom. The molecule has 1 aromatic rings. The van der Waals surface area contributed by atoms with Crippen LogP contribution in [0.25, 0.3) is 0 Å². The Morgan fingerprint density at radius 3 is 2.75 bits per heavy atom. The first kappa shape index (κ1) is 13.7. The molecule has 0 spiro atoms. The Balaban J connectivity index is 0.000000640. The van der Waals surface area contributed by atoms with Gasteiger partial charge in [-0.25, -0.2) is 0 Å². The van der Waals surface area contributed by atoms with Crippen LogP contribution >= 0.6 is 24.8 Å². The first-order valence-electron chi connectivity index (χ1n) is 5.60. The SMILES string of the molecule is C1CCn2c(nnc2[C@@H]2CCCN2)C1.Cl.Cl. The topological polar surface area (TPSA) is 42.7 Å². The highest BCUT2D eigenvalue weighted by molar-refractivity contribution is 5.85. The van der Waals surface area contributed by atoms with E-state index in [0.717, 1.165) is 19.5 Å². The minimum Gasteiger partial charge on any atom is -0.314 e. The summed E-state index contributed by atoms with van der Waals surface area (Å²) in [7, 11) is 0. The molecule has 0 bridgehead atoms. The molecule has 92 valence electrons. The van der Waals surface area contributed by atoms with E-state index >= 15 is 0 Å². The molecule has 0 amide bonds. The second kappa shape index (κ2) is 5.84. The van der Waals surface area contributed by atoms with Gasteiger partial charge < -0.3 is 9.88 Å². The second-order valence-electron chi connectivity index (χ2n) is 4.23. The van der Waals surface area contributed by atoms with Crippen molar-refractivity contribution in [2.75, 3.05) is 6.54 Å². The van der Waals surface area contributed by atoms with Crippen molar-refractivity contribution in [3.8, 4) is 0 Å². The van der Waals surface area contributed by atoms with Gasteiger partial charge in [0.25, 0.3) is 0 Å². The van der Waals surface area contributed by atoms with Crippen molar-refractivity contribution in [3.05, 3.63) is 11.6 Å². The van der Waals surface area contributed by atoms with Crippen molar-refractivity contribution in [1.82, 2.24) is 20.1 Å². The van der Waals surface area contributed by atoms with Crippen LogP contribution in [0.5, 0.6) is 0 Å². The summed E-state index contributed by atoms with van der Waals surface area (Å²) in [6.07, 6.45) is 6.16. The van der Waals surface area contributed by atoms with Gasteiger partial charge in [0.05, 0.1) is 6.04 Å². The molecule has 0 radical (unpaired) electrons. The van der Waals surface area contributed by atoms with Crippen LogP contribution in [0.4, 0.5) is 0 Å². The van der Waals surface area contributed by atoms with E-state index in [1.54, 1.807) is 0 Å². The van der Waals surface area contributed by atoms with E-state index in [1.165, 1.54) is 37.3 Å². The third kappa shape index (κ3) is 2.34. The maximum Gasteiger partial charge on any atom is 0.150 e. The van der Waals surface area contributed by atoms with Gasteiger partial charge in [0.2, 0.25) is 0 Å². The Bertz CT molecular complexity index is 334. The number of fused-ring (bicyclic) bond motifs is 1. The van der Waals surface area contributed by atoms with E-state index in [4.69, 9.17) is 0 Å². The first-order valence-corrected chi connectivity index (χ1v) is 5.60. The Morgan fingerprint density at radius 2 is 2.00 bits per heavy atom. The summed E-state index contributed by atoms with van der Waals surface area (Å²) in [6, 6.07) is 0.467. The van der Waals surface area contributed by atoms with Crippen LogP contribution in [-0.2, 0) is 13.0 Å². The number of nitrogens with zero attached hydrogens (tertiary/aromatic N) is 3. The molecule has 1 N–H and O–H groups in total. The number of aromatic nitrogens is 3. The average Bonchev–Trinajstić information content (AvgIpc) is 2.85. The fourth-order valence-corrected chi connectivity index (χ4v) is 2.49. The van der Waals surface area contributed by atoms with E-state index in [-0.39, 0.29) is 24.8 Å². The van der Waals surface area contributed by atoms with E-state index in [9.17, 15) is 0 Å². The van der Waals surface area contributed by atoms with Crippen molar-refractivity contribution < 1.29 is 0 Å². The van der Waals surface area contributed by atoms with Gasteiger partial charge in [-0.2, -0.15) is 0 Å². The summed E-state index contributed by atoms with van der Waals surface area (Å²) in [5.74, 6) is 2.37. The predicted octanol–water partition coefficient (Wildman–Crippen LogP) is 1.88. The maximum absolute atomic E-state index is 4.33. The van der Waals surface area contributed by atoms with Gasteiger partial charge >= 0.3 is 0 Å². The summed E-state index contributed by atoms with van der Waals surface area (Å²) in [5, 5.41) is 12.1. The molecule has 0 aromatic carbocycles. The summed E-state index contributed by atoms with van der Waals surface area (Å²) in [5.41, 5.74) is 0. The predicted molar refractivity (Wildman–Crippen MR) is 67.4 cm³/mol. The number of halogens is 2. The molecule has 2 aliphatic rings. The molecule has 16 heavy (non-hydrogen) atoms. The molecule has 1 atom stereocenters. The summed E-state index contributed by atoms with van der Waals surface area (Å²) in [4.78, 5) is 0. The van der Waals surface area contributed by atoms with Crippen molar-refractivity contribution in [2.45, 2.75) is 44.7 Å². The van der Waals surface area contributed by atoms with Gasteiger partial charge in [-0.15, -0.1) is 35.0 Å². The zero-order valence-corrected chi connectivity index (χ0v) is 10.8. The highest BCUT2D eigenvalue weighted by atomic mass is 35.5. The molecular weight excluding hydrogens is 247 g/mol. The van der Waals surface area contributed by atoms with E-state index in [1.807, 2.05) is 0 Å². The minimum atomic E-state index is 0. The molecule has 1 aromatic heterocycles. The summed E-state index contributed by atoms with van der Waals surface area (Å²) >= 11 is 0. The Kier molecular flexibility index (Phi) is 5.02. The largest absolute Gasteiger partial charge is 0.314 e. The van der Waals surface area contributed by atoms with Gasteiger partial charge in [-0.3, -0.25) is 0 Å². The molecule has 1 fully saturated rings. The van der Waals surface area contributed by atoms with Crippen LogP contribution < -0.4 is 5.32 Å². The average molecular weight is 265 g/mol. The zero-order valence-electron chi connectivity index (χ0n) is 9.19. The van der Waals surface area contributed by atoms with Gasteiger partial charge in [0, 0.05) is 13.0 Å². The fraction of sp³-hybridized carbons (Fsp3) is 0.800. The van der Waals surface area contributed by atoms with Crippen molar-refractivity contribution >= 4 is 24.8 Å². The molecule has 1 saturated heterocycles. The lowest BCUT2D eigenvalue weighted by molar-refractivity contribution is 0.478. The second-order valence-corrected chi connectivity index (χ2v) is 4.23. The van der Waals surface area contributed by atoms with Crippen molar-refractivity contribution in [3.63, 3.8) is 0 Å². The monoisotopic (exact) mass is 264 g/mol. The highest BCUT2D eigenvalue weighted by Gasteiger charge is 2.24. The Labute approximate surface area is 108 Å². The lowest BCUT2D eigenvalue weighted by Gasteiger charge is -2.17. The van der Waals surface area contributed by atoms with Gasteiger partial charge in [-0.05, 0) is 32.2 Å². The van der Waals surface area contributed by atoms with Crippen molar-refractivity contribution in [1.29, 1.82) is 0 Å². The molecular formula is C10H18Cl2N4. The summed E-state index contributed by atoms with van der Waals surface area (Å²) in [6.45, 7) is 2.25. The number of aryl methyl sites for hydroxylation is 1. The van der Waals surface area contributed by atoms with Crippen LogP contribution in [0.3, 0.4) is 0 Å². The molecule has 0 aliphatic carbocycles. The first-order chi connectivity index (χ1) is 6.95. The molecule has 2 aliphatic heterocycles. The van der Waals surface area contributed by atoms with Crippen molar-refractivity contribution in [2.24, 2.45) is 0 Å². The van der Waals surface area contributed by atoms with Crippen LogP contribution in [0.15, 0.2) is 0 Å². The number of nitrogens with one attached hydrogen (secondary N) is 1. The highest BCUT2D eigenvalue weighted by Crippen LogP contribution is 2.24. The molecule has 0 unspecified atom stereocenters. The lowest BCUT2D eigenvalue weighted by Crippen LogP contribution is -2.20. The molecule has 4 nitrogen and oxygen atoms in total. The van der Waals surface area contributed by atoms with Crippen LogP contribution in [0, 0.1) is 0 Å². The van der Waals surface area contributed by atoms with E-state index in [0.29, 0.717) is 6.04 Å². The molecule has 3 rings (SSSR count). The Hall–Kier alpha value is -0.320. The van der Waals surface area contributed by atoms with E-state index < -0.39 is 0 Å². The van der Waals surface area contributed by atoms with Crippen LogP contribution in [-0.4, -0.2) is 21.3 Å². The zero-order chi connectivity index (χ0) is 9.38. The quantitative estimate of drug-likeness (QED) is 0.843. The van der Waals surface area contributed by atoms with Crippen LogP contribution in [0.2, 0.25) is 0 Å². The maximum atomic E-state index is 4.33. The third-order valence-corrected chi connectivity index (χ3v) is 3.26. The number of rotatable bonds is 1. The molecule has 0 saturated carbocycles. The van der Waals surface area contributed by atoms with Gasteiger partial charge in [-0.1, -0.05) is 0 Å². The third-order valence-electron chi connectivity index (χ3n) is 3.26. The lowest BCUT2D eigenvalue weighted by atomic mass is 10.1. The van der Waals surface area contributed by atoms with Crippen LogP contribution in [0.1, 0.15) is 43.4 Å². The normalized spacial score (nSPS) is 23.1. The summed E-state index contributed by atoms with van der Waals surface area (Å²) < 4.78 is 2.33. The van der Waals surface area contributed by atoms with Gasteiger partial charge in [0.1, 0.15) is 11.6 Å². The molecule has 6 heteroatoms.